The Kier molecular flexibility index (Phi) is 3.68. The first-order valence-corrected chi connectivity index (χ1v) is 5.71. The molecule has 4 nitrogen and oxygen atoms in total. The SMILES string of the molecule is OCc1ccc(Oc2ncc(I)cn2)cc1. The third-order valence-corrected chi connectivity index (χ3v) is 2.47. The van der Waals surface area contributed by atoms with Crippen LogP contribution in [0.1, 0.15) is 5.56 Å². The lowest BCUT2D eigenvalue weighted by Gasteiger charge is -2.03. The van der Waals surface area contributed by atoms with Crippen LogP contribution in [0.15, 0.2) is 36.7 Å². The van der Waals surface area contributed by atoms with Crippen LogP contribution in [0.3, 0.4) is 0 Å². The highest BCUT2D eigenvalue weighted by atomic mass is 127. The molecule has 5 heteroatoms. The highest BCUT2D eigenvalue weighted by Crippen LogP contribution is 2.18. The van der Waals surface area contributed by atoms with Crippen molar-refractivity contribution in [2.45, 2.75) is 6.61 Å². The number of nitrogens with zero attached hydrogens (tertiary/aromatic N) is 2. The predicted octanol–water partition coefficient (Wildman–Crippen LogP) is 2.37. The third kappa shape index (κ3) is 2.89. The van der Waals surface area contributed by atoms with Crippen LogP contribution in [0.5, 0.6) is 11.8 Å². The molecule has 0 aliphatic carbocycles. The molecule has 0 aliphatic rings. The van der Waals surface area contributed by atoms with Crippen LogP contribution >= 0.6 is 22.6 Å². The van der Waals surface area contributed by atoms with Gasteiger partial charge in [0, 0.05) is 16.0 Å². The molecule has 1 aromatic heterocycles. The van der Waals surface area contributed by atoms with Gasteiger partial charge in [-0.3, -0.25) is 0 Å². The minimum Gasteiger partial charge on any atom is -0.424 e. The highest BCUT2D eigenvalue weighted by molar-refractivity contribution is 14.1. The van der Waals surface area contributed by atoms with Crippen LogP contribution in [-0.4, -0.2) is 15.1 Å². The van der Waals surface area contributed by atoms with Gasteiger partial charge < -0.3 is 9.84 Å². The number of aliphatic hydroxyl groups excluding tert-OH is 1. The monoisotopic (exact) mass is 328 g/mol. The standard InChI is InChI=1S/C11H9IN2O2/c12-9-5-13-11(14-6-9)16-10-3-1-8(7-15)2-4-10/h1-6,15H,7H2. The van der Waals surface area contributed by atoms with Gasteiger partial charge in [-0.25, -0.2) is 9.97 Å². The van der Waals surface area contributed by atoms with Gasteiger partial charge in [0.05, 0.1) is 6.61 Å². The van der Waals surface area contributed by atoms with Crippen molar-refractivity contribution >= 4 is 22.6 Å². The molecule has 0 saturated heterocycles. The van der Waals surface area contributed by atoms with E-state index in [2.05, 4.69) is 32.6 Å². The molecule has 0 aliphatic heterocycles. The van der Waals surface area contributed by atoms with E-state index in [1.54, 1.807) is 36.7 Å². The van der Waals surface area contributed by atoms with E-state index in [4.69, 9.17) is 9.84 Å². The van der Waals surface area contributed by atoms with Crippen molar-refractivity contribution < 1.29 is 9.84 Å². The summed E-state index contributed by atoms with van der Waals surface area (Å²) in [6.07, 6.45) is 3.37. The lowest BCUT2D eigenvalue weighted by atomic mass is 10.2. The van der Waals surface area contributed by atoms with Gasteiger partial charge in [-0.15, -0.1) is 0 Å². The summed E-state index contributed by atoms with van der Waals surface area (Å²) in [6, 6.07) is 7.45. The highest BCUT2D eigenvalue weighted by Gasteiger charge is 1.99. The molecule has 0 unspecified atom stereocenters. The van der Waals surface area contributed by atoms with Crippen molar-refractivity contribution in [3.8, 4) is 11.8 Å². The Morgan fingerprint density at radius 3 is 2.31 bits per heavy atom. The maximum atomic E-state index is 8.88. The van der Waals surface area contributed by atoms with Gasteiger partial charge in [0.2, 0.25) is 0 Å². The fourth-order valence-electron chi connectivity index (χ4n) is 1.12. The van der Waals surface area contributed by atoms with E-state index >= 15 is 0 Å². The Balaban J connectivity index is 2.11. The summed E-state index contributed by atoms with van der Waals surface area (Å²) in [5, 5.41) is 8.88. The number of ether oxygens (including phenoxy) is 1. The first-order valence-electron chi connectivity index (χ1n) is 4.63. The van der Waals surface area contributed by atoms with Crippen LogP contribution in [-0.2, 0) is 6.61 Å². The molecule has 0 radical (unpaired) electrons. The van der Waals surface area contributed by atoms with E-state index in [0.29, 0.717) is 11.8 Å². The average molecular weight is 328 g/mol. The first-order chi connectivity index (χ1) is 7.78. The summed E-state index contributed by atoms with van der Waals surface area (Å²) in [6.45, 7) is 0.0281. The van der Waals surface area contributed by atoms with Crippen LogP contribution in [0.25, 0.3) is 0 Å². The second-order valence-corrected chi connectivity index (χ2v) is 4.33. The minimum atomic E-state index is 0.0281. The number of hydrogen-bond acceptors (Lipinski definition) is 4. The van der Waals surface area contributed by atoms with Crippen molar-refractivity contribution in [2.24, 2.45) is 0 Å². The van der Waals surface area contributed by atoms with E-state index in [9.17, 15) is 0 Å². The molecule has 1 aromatic carbocycles. The van der Waals surface area contributed by atoms with Crippen LogP contribution in [0.2, 0.25) is 0 Å². The number of halogens is 1. The van der Waals surface area contributed by atoms with Gasteiger partial charge in [0.25, 0.3) is 0 Å². The van der Waals surface area contributed by atoms with E-state index < -0.39 is 0 Å². The Bertz CT molecular complexity index is 456. The molecule has 1 heterocycles. The molecule has 16 heavy (non-hydrogen) atoms. The second-order valence-electron chi connectivity index (χ2n) is 3.09. The lowest BCUT2D eigenvalue weighted by Crippen LogP contribution is -1.92. The van der Waals surface area contributed by atoms with Crippen molar-refractivity contribution in [1.29, 1.82) is 0 Å². The number of aromatic nitrogens is 2. The number of benzene rings is 1. The van der Waals surface area contributed by atoms with Crippen LogP contribution in [0, 0.1) is 3.57 Å². The quantitative estimate of drug-likeness (QED) is 0.879. The van der Waals surface area contributed by atoms with Crippen LogP contribution in [0.4, 0.5) is 0 Å². The molecule has 2 rings (SSSR count). The lowest BCUT2D eigenvalue weighted by molar-refractivity contribution is 0.281. The van der Waals surface area contributed by atoms with E-state index in [1.165, 1.54) is 0 Å². The zero-order valence-corrected chi connectivity index (χ0v) is 10.5. The fraction of sp³-hybridized carbons (Fsp3) is 0.0909. The molecule has 2 aromatic rings. The van der Waals surface area contributed by atoms with Gasteiger partial charge in [-0.2, -0.15) is 0 Å². The summed E-state index contributed by atoms with van der Waals surface area (Å²) in [5.41, 5.74) is 0.843. The average Bonchev–Trinajstić information content (AvgIpc) is 2.33. The summed E-state index contributed by atoms with van der Waals surface area (Å²) < 4.78 is 6.38. The molecule has 0 bridgehead atoms. The zero-order chi connectivity index (χ0) is 11.4. The van der Waals surface area contributed by atoms with Crippen molar-refractivity contribution in [3.63, 3.8) is 0 Å². The number of hydrogen-bond donors (Lipinski definition) is 1. The maximum Gasteiger partial charge on any atom is 0.321 e. The number of aliphatic hydroxyl groups is 1. The van der Waals surface area contributed by atoms with E-state index in [1.807, 2.05) is 0 Å². The summed E-state index contributed by atoms with van der Waals surface area (Å²) in [5.74, 6) is 0.651. The summed E-state index contributed by atoms with van der Waals surface area (Å²) >= 11 is 2.13. The van der Waals surface area contributed by atoms with Crippen LogP contribution < -0.4 is 4.74 Å². The van der Waals surface area contributed by atoms with Gasteiger partial charge in [0.15, 0.2) is 0 Å². The van der Waals surface area contributed by atoms with Crippen molar-refractivity contribution in [2.75, 3.05) is 0 Å². The van der Waals surface area contributed by atoms with E-state index in [-0.39, 0.29) is 6.61 Å². The van der Waals surface area contributed by atoms with E-state index in [0.717, 1.165) is 9.13 Å². The van der Waals surface area contributed by atoms with Gasteiger partial charge >= 0.3 is 6.01 Å². The molecule has 82 valence electrons. The summed E-state index contributed by atoms with van der Waals surface area (Å²) in [4.78, 5) is 8.05. The molecule has 0 fully saturated rings. The van der Waals surface area contributed by atoms with Crippen molar-refractivity contribution in [1.82, 2.24) is 9.97 Å². The normalized spacial score (nSPS) is 10.1. The Morgan fingerprint density at radius 2 is 1.75 bits per heavy atom. The molecule has 0 amide bonds. The van der Waals surface area contributed by atoms with Gasteiger partial charge in [0.1, 0.15) is 5.75 Å². The minimum absolute atomic E-state index is 0.0281. The topological polar surface area (TPSA) is 55.2 Å². The molecule has 0 saturated carbocycles. The zero-order valence-electron chi connectivity index (χ0n) is 8.30. The molecular weight excluding hydrogens is 319 g/mol. The molecular formula is C11H9IN2O2. The molecule has 0 spiro atoms. The number of rotatable bonds is 3. The first kappa shape index (κ1) is 11.3. The third-order valence-electron chi connectivity index (χ3n) is 1.91. The predicted molar refractivity (Wildman–Crippen MR) is 67.2 cm³/mol. The van der Waals surface area contributed by atoms with Gasteiger partial charge in [-0.05, 0) is 40.3 Å². The molecule has 1 N–H and O–H groups in total. The fourth-order valence-corrected chi connectivity index (χ4v) is 1.40. The Hall–Kier alpha value is -1.21. The Morgan fingerprint density at radius 1 is 1.12 bits per heavy atom. The Labute approximate surface area is 106 Å². The summed E-state index contributed by atoms with van der Waals surface area (Å²) in [7, 11) is 0. The van der Waals surface area contributed by atoms with Crippen molar-refractivity contribution in [3.05, 3.63) is 45.8 Å². The molecule has 0 atom stereocenters. The smallest absolute Gasteiger partial charge is 0.321 e. The maximum absolute atomic E-state index is 8.88. The second kappa shape index (κ2) is 5.22. The van der Waals surface area contributed by atoms with Gasteiger partial charge in [-0.1, -0.05) is 12.1 Å². The largest absolute Gasteiger partial charge is 0.424 e.